The van der Waals surface area contributed by atoms with Gasteiger partial charge in [0.2, 0.25) is 0 Å². The minimum Gasteiger partial charge on any atom is -0.456 e. The predicted molar refractivity (Wildman–Crippen MR) is 442 cm³/mol. The minimum absolute atomic E-state index is 0.829. The van der Waals surface area contributed by atoms with Crippen molar-refractivity contribution in [2.24, 2.45) is 0 Å². The number of fused-ring (bicyclic) bond motifs is 18. The second-order valence-electron chi connectivity index (χ2n) is 27.7. The quantitative estimate of drug-likeness (QED) is 0.129. The number of nitrogens with zero attached hydrogens (tertiary/aromatic N) is 2. The van der Waals surface area contributed by atoms with Crippen LogP contribution in [-0.2, 0) is 0 Å². The molecule has 0 N–H and O–H groups in total. The minimum atomic E-state index is 0.829. The maximum absolute atomic E-state index is 7.05. The summed E-state index contributed by atoms with van der Waals surface area (Å²) in [6.07, 6.45) is 0. The van der Waals surface area contributed by atoms with E-state index in [-0.39, 0.29) is 0 Å². The van der Waals surface area contributed by atoms with E-state index in [1.165, 1.54) is 10.8 Å². The van der Waals surface area contributed by atoms with Crippen LogP contribution in [0.2, 0.25) is 0 Å². The van der Waals surface area contributed by atoms with E-state index in [9.17, 15) is 0 Å². The van der Waals surface area contributed by atoms with Gasteiger partial charge in [-0.3, -0.25) is 0 Å². The predicted octanol–water partition coefficient (Wildman–Crippen LogP) is 29.2. The van der Waals surface area contributed by atoms with Gasteiger partial charge in [-0.2, -0.15) is 0 Å². The topological polar surface area (TPSA) is 59.0 Å². The van der Waals surface area contributed by atoms with E-state index in [1.54, 1.807) is 0 Å². The first-order chi connectivity index (χ1) is 52.6. The van der Waals surface area contributed by atoms with Crippen molar-refractivity contribution in [3.8, 4) is 55.6 Å². The number of anilines is 6. The average Bonchev–Trinajstić information content (AvgIpc) is 1.48. The maximum Gasteiger partial charge on any atom is 0.143 e. The highest BCUT2D eigenvalue weighted by Gasteiger charge is 2.26. The molecule has 18 aromatic carbocycles. The largest absolute Gasteiger partial charge is 0.456 e. The van der Waals surface area contributed by atoms with Crippen molar-refractivity contribution >= 4 is 165 Å². The Labute approximate surface area is 608 Å². The molecule has 0 unspecified atom stereocenters. The van der Waals surface area contributed by atoms with Gasteiger partial charge in [0.05, 0.1) is 22.7 Å². The van der Waals surface area contributed by atoms with Crippen LogP contribution in [0.4, 0.5) is 34.1 Å². The third-order valence-electron chi connectivity index (χ3n) is 21.9. The van der Waals surface area contributed by atoms with Crippen LogP contribution in [0.1, 0.15) is 0 Å². The fraction of sp³-hybridized carbons (Fsp3) is 0. The number of benzene rings is 18. The molecule has 0 aliphatic rings. The van der Waals surface area contributed by atoms with Crippen molar-refractivity contribution in [3.05, 3.63) is 364 Å². The van der Waals surface area contributed by atoms with Crippen LogP contribution < -0.4 is 9.80 Å². The molecule has 4 heterocycles. The lowest BCUT2D eigenvalue weighted by molar-refractivity contribution is 0.669. The molecule has 0 spiro atoms. The van der Waals surface area contributed by atoms with E-state index in [4.69, 9.17) is 17.7 Å². The summed E-state index contributed by atoms with van der Waals surface area (Å²) in [7, 11) is 0. The van der Waals surface area contributed by atoms with Crippen LogP contribution in [0.5, 0.6) is 0 Å². The number of hydrogen-bond acceptors (Lipinski definition) is 6. The third kappa shape index (κ3) is 9.31. The van der Waals surface area contributed by atoms with Crippen LogP contribution in [0.3, 0.4) is 0 Å². The van der Waals surface area contributed by atoms with Crippen LogP contribution >= 0.6 is 0 Å². The average molecular weight is 1350 g/mol. The lowest BCUT2D eigenvalue weighted by Gasteiger charge is -2.29. The summed E-state index contributed by atoms with van der Waals surface area (Å²) in [6, 6.07) is 131. The zero-order valence-corrected chi connectivity index (χ0v) is 57.2. The first-order valence-corrected chi connectivity index (χ1v) is 36.1. The third-order valence-corrected chi connectivity index (χ3v) is 21.9. The molecule has 0 saturated heterocycles. The Morgan fingerprint density at radius 2 is 0.557 bits per heavy atom. The molecule has 0 aliphatic heterocycles. The molecule has 494 valence electrons. The van der Waals surface area contributed by atoms with Crippen molar-refractivity contribution in [2.75, 3.05) is 9.80 Å². The van der Waals surface area contributed by atoms with Crippen molar-refractivity contribution in [3.63, 3.8) is 0 Å². The summed E-state index contributed by atoms with van der Waals surface area (Å²) in [4.78, 5) is 4.84. The van der Waals surface area contributed by atoms with Crippen LogP contribution in [-0.4, -0.2) is 0 Å². The van der Waals surface area contributed by atoms with Gasteiger partial charge in [-0.25, -0.2) is 0 Å². The molecule has 0 bridgehead atoms. The second kappa shape index (κ2) is 23.7. The van der Waals surface area contributed by atoms with Gasteiger partial charge in [0.15, 0.2) is 0 Å². The van der Waals surface area contributed by atoms with Gasteiger partial charge in [-0.05, 0) is 170 Å². The highest BCUT2D eigenvalue weighted by molar-refractivity contribution is 6.23. The van der Waals surface area contributed by atoms with Gasteiger partial charge in [0.25, 0.3) is 0 Å². The number of para-hydroxylation sites is 4. The van der Waals surface area contributed by atoms with E-state index in [0.29, 0.717) is 0 Å². The van der Waals surface area contributed by atoms with E-state index >= 15 is 0 Å². The van der Waals surface area contributed by atoms with E-state index < -0.39 is 0 Å². The molecule has 6 nitrogen and oxygen atoms in total. The van der Waals surface area contributed by atoms with Gasteiger partial charge in [0, 0.05) is 92.7 Å². The molecule has 106 heavy (non-hydrogen) atoms. The Kier molecular flexibility index (Phi) is 13.3. The van der Waals surface area contributed by atoms with Gasteiger partial charge in [-0.1, -0.05) is 255 Å². The Hall–Kier alpha value is -14.2. The summed E-state index contributed by atoms with van der Waals surface area (Å²) in [5.41, 5.74) is 24.1. The summed E-state index contributed by atoms with van der Waals surface area (Å²) in [6.45, 7) is 0. The second-order valence-corrected chi connectivity index (χ2v) is 27.7. The molecule has 22 rings (SSSR count). The number of furan rings is 4. The summed E-state index contributed by atoms with van der Waals surface area (Å²) >= 11 is 0. The lowest BCUT2D eigenvalue weighted by atomic mass is 9.94. The summed E-state index contributed by atoms with van der Waals surface area (Å²) in [5.74, 6) is 0. The van der Waals surface area contributed by atoms with E-state index in [2.05, 4.69) is 362 Å². The van der Waals surface area contributed by atoms with Crippen LogP contribution in [0, 0.1) is 0 Å². The summed E-state index contributed by atoms with van der Waals surface area (Å²) < 4.78 is 27.2. The van der Waals surface area contributed by atoms with Crippen LogP contribution in [0.15, 0.2) is 382 Å². The fourth-order valence-electron chi connectivity index (χ4n) is 17.0. The molecular formula is C100H60N2O4. The monoisotopic (exact) mass is 1350 g/mol. The van der Waals surface area contributed by atoms with Crippen molar-refractivity contribution in [1.29, 1.82) is 0 Å². The zero-order valence-electron chi connectivity index (χ0n) is 57.2. The van der Waals surface area contributed by atoms with Crippen molar-refractivity contribution in [2.45, 2.75) is 0 Å². The van der Waals surface area contributed by atoms with Gasteiger partial charge >= 0.3 is 0 Å². The molecule has 22 aromatic rings. The van der Waals surface area contributed by atoms with Crippen LogP contribution in [0.25, 0.3) is 186 Å². The molecule has 6 heteroatoms. The fourth-order valence-corrected chi connectivity index (χ4v) is 17.0. The molecule has 0 saturated carbocycles. The molecule has 0 atom stereocenters. The van der Waals surface area contributed by atoms with Gasteiger partial charge < -0.3 is 27.5 Å². The Bertz CT molecular complexity index is 7340. The highest BCUT2D eigenvalue weighted by Crippen LogP contribution is 2.51. The summed E-state index contributed by atoms with van der Waals surface area (Å²) in [5, 5.41) is 17.7. The molecular weight excluding hydrogens is 1290 g/mol. The van der Waals surface area contributed by atoms with Gasteiger partial charge in [-0.15, -0.1) is 0 Å². The van der Waals surface area contributed by atoms with Gasteiger partial charge in [0.1, 0.15) is 44.7 Å². The molecule has 0 aliphatic carbocycles. The smallest absolute Gasteiger partial charge is 0.143 e. The molecule has 0 radical (unpaired) electrons. The SMILES string of the molecule is c1ccc(N(c2ccc(-c3ccc4c(c3)oc3c(-c5ccc6c(ccc7c6oc6cccc(-c8ccccc8N(c8ccc(-c9cccc%10oc%11ccccc%11c9%10)cc8)c8cccc9ccccc89)c67)c5)cccc34)cc2)c2cccc3ccccc23)c(-c2cccc3oc4c5ccccc5ccc4c23)c1. The number of rotatable bonds is 11. The van der Waals surface area contributed by atoms with Crippen molar-refractivity contribution in [1.82, 2.24) is 0 Å². The Morgan fingerprint density at radius 1 is 0.170 bits per heavy atom. The lowest BCUT2D eigenvalue weighted by Crippen LogP contribution is -2.11. The van der Waals surface area contributed by atoms with Crippen molar-refractivity contribution < 1.29 is 17.7 Å². The standard InChI is InChI=1S/C100H60N2O4/c1-4-24-71-62(19-1)22-13-37-86(71)101(88-35-10-7-27-77(88)80-32-17-41-92-96(80)84-57-47-64-21-3-6-26-74(64)99(84)104-92)69-51-43-61(44-52-69)66-48-56-79-82-34-15-31-75(98(82)106-94(79)60-66)67-49-55-76-68(59-67)50-58-85-97-81(33-18-42-93(97)105-100(76)85)78-28-8-11-36-89(78)102(87-38-14-23-63-20-2-5-25-72(63)87)70-53-45-65(46-54-70)73-30-16-40-91-95(73)83-29-9-12-39-90(83)103-91/h1-60H. The molecule has 0 fully saturated rings. The molecule has 4 aromatic heterocycles. The van der Waals surface area contributed by atoms with E-state index in [1.807, 2.05) is 12.1 Å². The van der Waals surface area contributed by atoms with E-state index in [0.717, 1.165) is 210 Å². The molecule has 0 amide bonds. The number of hydrogen-bond donors (Lipinski definition) is 0. The zero-order chi connectivity index (χ0) is 69.5. The first kappa shape index (κ1) is 59.5. The Morgan fingerprint density at radius 3 is 1.19 bits per heavy atom. The highest BCUT2D eigenvalue weighted by atomic mass is 16.3. The Balaban J connectivity index is 0.607. The first-order valence-electron chi connectivity index (χ1n) is 36.1. The normalized spacial score (nSPS) is 12.0. The maximum atomic E-state index is 7.05.